The van der Waals surface area contributed by atoms with E-state index >= 15 is 0 Å². The lowest BCUT2D eigenvalue weighted by molar-refractivity contribution is 0.00885. The van der Waals surface area contributed by atoms with Gasteiger partial charge in [-0.3, -0.25) is 4.90 Å². The van der Waals surface area contributed by atoms with Crippen LogP contribution in [0.3, 0.4) is 0 Å². The van der Waals surface area contributed by atoms with E-state index in [9.17, 15) is 0 Å². The molecule has 1 aromatic rings. The maximum Gasteiger partial charge on any atom is 0.0826 e. The van der Waals surface area contributed by atoms with Crippen LogP contribution in [0.5, 0.6) is 0 Å². The molecular formula is C14H21ClN2O. The van der Waals surface area contributed by atoms with Gasteiger partial charge in [-0.15, -0.1) is 0 Å². The van der Waals surface area contributed by atoms with Crippen LogP contribution < -0.4 is 5.32 Å². The zero-order chi connectivity index (χ0) is 13.0. The number of nitrogens with one attached hydrogen (secondary N) is 1. The smallest absolute Gasteiger partial charge is 0.0826 e. The molecule has 1 aromatic carbocycles. The van der Waals surface area contributed by atoms with Crippen molar-refractivity contribution in [2.75, 3.05) is 33.3 Å². The zero-order valence-corrected chi connectivity index (χ0v) is 11.8. The summed E-state index contributed by atoms with van der Waals surface area (Å²) in [5.74, 6) is 0. The van der Waals surface area contributed by atoms with Crippen LogP contribution in [0, 0.1) is 6.92 Å². The van der Waals surface area contributed by atoms with E-state index in [0.717, 1.165) is 37.8 Å². The highest BCUT2D eigenvalue weighted by Crippen LogP contribution is 2.19. The summed E-state index contributed by atoms with van der Waals surface area (Å²) in [5.41, 5.74) is 2.37. The van der Waals surface area contributed by atoms with Crippen LogP contribution in [0.1, 0.15) is 11.1 Å². The molecule has 3 nitrogen and oxygen atoms in total. The van der Waals surface area contributed by atoms with Crippen molar-refractivity contribution in [3.8, 4) is 0 Å². The number of hydrogen-bond acceptors (Lipinski definition) is 3. The molecule has 1 unspecified atom stereocenters. The van der Waals surface area contributed by atoms with Gasteiger partial charge in [0.05, 0.1) is 12.7 Å². The maximum atomic E-state index is 6.25. The summed E-state index contributed by atoms with van der Waals surface area (Å²) in [7, 11) is 2.11. The normalized spacial score (nSPS) is 20.3. The molecule has 0 aliphatic carbocycles. The Morgan fingerprint density at radius 3 is 3.00 bits per heavy atom. The standard InChI is InChI=1S/C14H21ClN2O/c1-11-3-4-12(14(15)7-11)9-17(2)10-13-8-16-5-6-18-13/h3-4,7,13,16H,5-6,8-10H2,1-2H3. The van der Waals surface area contributed by atoms with E-state index in [1.807, 2.05) is 6.07 Å². The minimum Gasteiger partial charge on any atom is -0.374 e. The van der Waals surface area contributed by atoms with Crippen LogP contribution in [-0.4, -0.2) is 44.3 Å². The molecule has 1 saturated heterocycles. The lowest BCUT2D eigenvalue weighted by Crippen LogP contribution is -2.44. The van der Waals surface area contributed by atoms with Gasteiger partial charge in [0.2, 0.25) is 0 Å². The van der Waals surface area contributed by atoms with Crippen molar-refractivity contribution in [3.63, 3.8) is 0 Å². The molecule has 0 saturated carbocycles. The SMILES string of the molecule is Cc1ccc(CN(C)CC2CNCCO2)c(Cl)c1. The fourth-order valence-electron chi connectivity index (χ4n) is 2.22. The second-order valence-corrected chi connectivity index (χ2v) is 5.40. The Kier molecular flexibility index (Phi) is 5.01. The number of hydrogen-bond donors (Lipinski definition) is 1. The topological polar surface area (TPSA) is 24.5 Å². The molecule has 1 aliphatic heterocycles. The first-order chi connectivity index (χ1) is 8.65. The average molecular weight is 269 g/mol. The van der Waals surface area contributed by atoms with E-state index in [-0.39, 0.29) is 6.10 Å². The number of likely N-dealkylation sites (N-methyl/N-ethyl adjacent to an activating group) is 1. The lowest BCUT2D eigenvalue weighted by atomic mass is 10.1. The molecule has 0 bridgehead atoms. The first-order valence-electron chi connectivity index (χ1n) is 6.41. The van der Waals surface area contributed by atoms with Crippen LogP contribution in [0.15, 0.2) is 18.2 Å². The van der Waals surface area contributed by atoms with Crippen molar-refractivity contribution in [1.29, 1.82) is 0 Å². The molecule has 0 radical (unpaired) electrons. The van der Waals surface area contributed by atoms with Gasteiger partial charge >= 0.3 is 0 Å². The summed E-state index contributed by atoms with van der Waals surface area (Å²) in [6.45, 7) is 6.55. The Labute approximate surface area is 114 Å². The van der Waals surface area contributed by atoms with Gasteiger partial charge in [-0.2, -0.15) is 0 Å². The van der Waals surface area contributed by atoms with Crippen molar-refractivity contribution in [2.45, 2.75) is 19.6 Å². The zero-order valence-electron chi connectivity index (χ0n) is 11.1. The van der Waals surface area contributed by atoms with E-state index in [1.165, 1.54) is 11.1 Å². The molecule has 0 aromatic heterocycles. The van der Waals surface area contributed by atoms with Gasteiger partial charge in [-0.1, -0.05) is 23.7 Å². The van der Waals surface area contributed by atoms with E-state index < -0.39 is 0 Å². The number of ether oxygens (including phenoxy) is 1. The number of benzene rings is 1. The van der Waals surface area contributed by atoms with Crippen LogP contribution in [0.4, 0.5) is 0 Å². The highest BCUT2D eigenvalue weighted by molar-refractivity contribution is 6.31. The molecule has 0 amide bonds. The summed E-state index contributed by atoms with van der Waals surface area (Å²) in [6.07, 6.45) is 0.285. The van der Waals surface area contributed by atoms with Crippen molar-refractivity contribution >= 4 is 11.6 Å². The fraction of sp³-hybridized carbons (Fsp3) is 0.571. The summed E-state index contributed by atoms with van der Waals surface area (Å²) in [4.78, 5) is 2.26. The predicted molar refractivity (Wildman–Crippen MR) is 75.1 cm³/mol. The van der Waals surface area contributed by atoms with Crippen LogP contribution >= 0.6 is 11.6 Å². The van der Waals surface area contributed by atoms with Crippen LogP contribution in [0.25, 0.3) is 0 Å². The minimum absolute atomic E-state index is 0.285. The summed E-state index contributed by atoms with van der Waals surface area (Å²) in [6, 6.07) is 6.23. The minimum atomic E-state index is 0.285. The van der Waals surface area contributed by atoms with Crippen molar-refractivity contribution in [2.24, 2.45) is 0 Å². The molecule has 1 heterocycles. The van der Waals surface area contributed by atoms with Crippen molar-refractivity contribution in [3.05, 3.63) is 34.3 Å². The van der Waals surface area contributed by atoms with Gasteiger partial charge in [-0.05, 0) is 31.2 Å². The maximum absolute atomic E-state index is 6.25. The average Bonchev–Trinajstić information content (AvgIpc) is 2.34. The summed E-state index contributed by atoms with van der Waals surface area (Å²) in [5, 5.41) is 4.20. The quantitative estimate of drug-likeness (QED) is 0.905. The first kappa shape index (κ1) is 13.8. The molecule has 2 rings (SSSR count). The third-order valence-electron chi connectivity index (χ3n) is 3.17. The molecule has 100 valence electrons. The second kappa shape index (κ2) is 6.53. The fourth-order valence-corrected chi connectivity index (χ4v) is 2.52. The molecule has 1 fully saturated rings. The van der Waals surface area contributed by atoms with Gasteiger partial charge in [0, 0.05) is 31.2 Å². The van der Waals surface area contributed by atoms with E-state index in [4.69, 9.17) is 16.3 Å². The Balaban J connectivity index is 1.87. The Bertz CT molecular complexity index is 391. The molecule has 1 atom stereocenters. The van der Waals surface area contributed by atoms with Gasteiger partial charge in [0.15, 0.2) is 0 Å². The number of nitrogens with zero attached hydrogens (tertiary/aromatic N) is 1. The highest BCUT2D eigenvalue weighted by Gasteiger charge is 2.16. The molecule has 1 aliphatic rings. The first-order valence-corrected chi connectivity index (χ1v) is 6.79. The molecular weight excluding hydrogens is 248 g/mol. The van der Waals surface area contributed by atoms with Gasteiger partial charge < -0.3 is 10.1 Å². The van der Waals surface area contributed by atoms with E-state index in [0.29, 0.717) is 0 Å². The lowest BCUT2D eigenvalue weighted by Gasteiger charge is -2.28. The third kappa shape index (κ3) is 3.95. The Morgan fingerprint density at radius 1 is 1.50 bits per heavy atom. The number of rotatable bonds is 4. The Hall–Kier alpha value is -0.610. The highest BCUT2D eigenvalue weighted by atomic mass is 35.5. The van der Waals surface area contributed by atoms with Gasteiger partial charge in [0.1, 0.15) is 0 Å². The van der Waals surface area contributed by atoms with Gasteiger partial charge in [0.25, 0.3) is 0 Å². The molecule has 1 N–H and O–H groups in total. The number of morpholine rings is 1. The predicted octanol–water partition coefficient (Wildman–Crippen LogP) is 2.07. The summed E-state index contributed by atoms with van der Waals surface area (Å²) < 4.78 is 5.70. The van der Waals surface area contributed by atoms with Crippen molar-refractivity contribution in [1.82, 2.24) is 10.2 Å². The third-order valence-corrected chi connectivity index (χ3v) is 3.52. The second-order valence-electron chi connectivity index (χ2n) is 4.99. The van der Waals surface area contributed by atoms with E-state index in [1.54, 1.807) is 0 Å². The van der Waals surface area contributed by atoms with Crippen LogP contribution in [-0.2, 0) is 11.3 Å². The summed E-state index contributed by atoms with van der Waals surface area (Å²) >= 11 is 6.25. The van der Waals surface area contributed by atoms with Gasteiger partial charge in [-0.25, -0.2) is 0 Å². The van der Waals surface area contributed by atoms with E-state index in [2.05, 4.69) is 36.3 Å². The number of halogens is 1. The molecule has 18 heavy (non-hydrogen) atoms. The monoisotopic (exact) mass is 268 g/mol. The van der Waals surface area contributed by atoms with Crippen LogP contribution in [0.2, 0.25) is 5.02 Å². The van der Waals surface area contributed by atoms with Crippen molar-refractivity contribution < 1.29 is 4.74 Å². The molecule has 0 spiro atoms. The number of aryl methyl sites for hydroxylation is 1. The molecule has 4 heteroatoms. The Morgan fingerprint density at radius 2 is 2.33 bits per heavy atom. The largest absolute Gasteiger partial charge is 0.374 e.